The molecule has 3 atom stereocenters. The molecule has 186 valence electrons. The van der Waals surface area contributed by atoms with E-state index in [1.54, 1.807) is 0 Å². The van der Waals surface area contributed by atoms with Crippen LogP contribution in [-0.4, -0.2) is 41.8 Å². The number of fused-ring (bicyclic) bond motifs is 3. The largest absolute Gasteiger partial charge is 0.481 e. The first-order valence-electron chi connectivity index (χ1n) is 12.5. The Hall–Kier alpha value is -3.35. The molecule has 0 saturated heterocycles. The highest BCUT2D eigenvalue weighted by Crippen LogP contribution is 2.44. The molecule has 7 nitrogen and oxygen atoms in total. The van der Waals surface area contributed by atoms with Crippen LogP contribution in [0.25, 0.3) is 11.1 Å². The summed E-state index contributed by atoms with van der Waals surface area (Å²) in [6.45, 7) is 4.15. The second-order valence-corrected chi connectivity index (χ2v) is 10.1. The van der Waals surface area contributed by atoms with E-state index in [-0.39, 0.29) is 30.4 Å². The topological polar surface area (TPSA) is 105 Å². The molecule has 1 fully saturated rings. The Balaban J connectivity index is 1.38. The Bertz CT molecular complexity index is 1040. The predicted molar refractivity (Wildman–Crippen MR) is 133 cm³/mol. The fourth-order valence-electron chi connectivity index (χ4n) is 5.33. The third kappa shape index (κ3) is 5.84. The minimum absolute atomic E-state index is 0.0549. The van der Waals surface area contributed by atoms with E-state index in [0.29, 0.717) is 19.3 Å². The molecule has 4 rings (SSSR count). The summed E-state index contributed by atoms with van der Waals surface area (Å²) in [6, 6.07) is 15.3. The van der Waals surface area contributed by atoms with Gasteiger partial charge in [-0.15, -0.1) is 0 Å². The third-order valence-electron chi connectivity index (χ3n) is 7.03. The van der Waals surface area contributed by atoms with E-state index in [1.807, 2.05) is 38.1 Å². The van der Waals surface area contributed by atoms with Gasteiger partial charge in [0, 0.05) is 12.0 Å². The lowest BCUT2D eigenvalue weighted by atomic mass is 9.85. The molecule has 3 N–H and O–H groups in total. The molecule has 7 heteroatoms. The van der Waals surface area contributed by atoms with Crippen LogP contribution in [-0.2, 0) is 14.3 Å². The smallest absolute Gasteiger partial charge is 0.407 e. The van der Waals surface area contributed by atoms with E-state index in [4.69, 9.17) is 4.74 Å². The second kappa shape index (κ2) is 10.9. The fraction of sp³-hybridized carbons (Fsp3) is 0.464. The maximum Gasteiger partial charge on any atom is 0.407 e. The molecular weight excluding hydrogens is 444 g/mol. The summed E-state index contributed by atoms with van der Waals surface area (Å²) < 4.78 is 5.63. The van der Waals surface area contributed by atoms with Crippen molar-refractivity contribution < 1.29 is 24.2 Å². The number of amides is 2. The van der Waals surface area contributed by atoms with Crippen LogP contribution in [0.15, 0.2) is 48.5 Å². The SMILES string of the molecule is CC(C)C[C@@H](NC(=O)OCC1c2ccccc2-c2ccccc21)C(=O)NC1CCCC(C(=O)O)C1. The first-order valence-corrected chi connectivity index (χ1v) is 12.5. The average molecular weight is 479 g/mol. The molecule has 2 aromatic carbocycles. The van der Waals surface area contributed by atoms with Crippen LogP contribution in [0.3, 0.4) is 0 Å². The van der Waals surface area contributed by atoms with Crippen LogP contribution in [0.4, 0.5) is 4.79 Å². The van der Waals surface area contributed by atoms with Gasteiger partial charge < -0.3 is 20.5 Å². The van der Waals surface area contributed by atoms with Gasteiger partial charge in [0.1, 0.15) is 12.6 Å². The van der Waals surface area contributed by atoms with Crippen molar-refractivity contribution in [3.63, 3.8) is 0 Å². The zero-order chi connectivity index (χ0) is 24.9. The van der Waals surface area contributed by atoms with Gasteiger partial charge in [-0.3, -0.25) is 9.59 Å². The first-order chi connectivity index (χ1) is 16.8. The van der Waals surface area contributed by atoms with E-state index in [9.17, 15) is 19.5 Å². The molecule has 2 aliphatic rings. The van der Waals surface area contributed by atoms with Crippen molar-refractivity contribution in [2.45, 2.75) is 64.0 Å². The van der Waals surface area contributed by atoms with Crippen LogP contribution in [0.1, 0.15) is 63.0 Å². The summed E-state index contributed by atoms with van der Waals surface area (Å²) in [5, 5.41) is 15.0. The van der Waals surface area contributed by atoms with Crippen LogP contribution in [0.5, 0.6) is 0 Å². The molecule has 2 amide bonds. The summed E-state index contributed by atoms with van der Waals surface area (Å²) in [4.78, 5) is 37.1. The van der Waals surface area contributed by atoms with Crippen molar-refractivity contribution in [2.75, 3.05) is 6.61 Å². The van der Waals surface area contributed by atoms with Gasteiger partial charge in [0.15, 0.2) is 0 Å². The lowest BCUT2D eigenvalue weighted by Crippen LogP contribution is -2.51. The number of alkyl carbamates (subject to hydrolysis) is 1. The number of carboxylic acids is 1. The molecule has 0 radical (unpaired) electrons. The number of ether oxygens (including phenoxy) is 1. The van der Waals surface area contributed by atoms with Crippen molar-refractivity contribution in [2.24, 2.45) is 11.8 Å². The second-order valence-electron chi connectivity index (χ2n) is 10.1. The molecule has 35 heavy (non-hydrogen) atoms. The van der Waals surface area contributed by atoms with Crippen molar-refractivity contribution in [1.29, 1.82) is 0 Å². The Morgan fingerprint density at radius 2 is 1.63 bits per heavy atom. The highest BCUT2D eigenvalue weighted by atomic mass is 16.5. The summed E-state index contributed by atoms with van der Waals surface area (Å²) >= 11 is 0. The number of carboxylic acid groups (broad SMARTS) is 1. The van der Waals surface area contributed by atoms with Gasteiger partial charge in [0.25, 0.3) is 0 Å². The highest BCUT2D eigenvalue weighted by Gasteiger charge is 2.32. The van der Waals surface area contributed by atoms with Gasteiger partial charge in [-0.05, 0) is 53.9 Å². The maximum absolute atomic E-state index is 13.0. The predicted octanol–water partition coefficient (Wildman–Crippen LogP) is 4.70. The van der Waals surface area contributed by atoms with Crippen molar-refractivity contribution in [3.8, 4) is 11.1 Å². The summed E-state index contributed by atoms with van der Waals surface area (Å²) in [7, 11) is 0. The van der Waals surface area contributed by atoms with Crippen LogP contribution in [0, 0.1) is 11.8 Å². The molecule has 2 aromatic rings. The van der Waals surface area contributed by atoms with Crippen molar-refractivity contribution >= 4 is 18.0 Å². The van der Waals surface area contributed by atoms with Crippen molar-refractivity contribution in [3.05, 3.63) is 59.7 Å². The van der Waals surface area contributed by atoms with Crippen molar-refractivity contribution in [1.82, 2.24) is 10.6 Å². The number of benzene rings is 2. The highest BCUT2D eigenvalue weighted by molar-refractivity contribution is 5.86. The molecule has 0 spiro atoms. The normalized spacial score (nSPS) is 20.0. The van der Waals surface area contributed by atoms with E-state index in [2.05, 4.69) is 34.9 Å². The minimum Gasteiger partial charge on any atom is -0.481 e. The molecule has 0 bridgehead atoms. The van der Waals surface area contributed by atoms with E-state index in [1.165, 1.54) is 0 Å². The molecule has 2 unspecified atom stereocenters. The van der Waals surface area contributed by atoms with Crippen LogP contribution < -0.4 is 10.6 Å². The summed E-state index contributed by atoms with van der Waals surface area (Å²) in [5.41, 5.74) is 4.56. The van der Waals surface area contributed by atoms with Gasteiger partial charge in [0.05, 0.1) is 5.92 Å². The van der Waals surface area contributed by atoms with E-state index < -0.39 is 24.0 Å². The average Bonchev–Trinajstić information content (AvgIpc) is 3.16. The van der Waals surface area contributed by atoms with Crippen LogP contribution in [0.2, 0.25) is 0 Å². The maximum atomic E-state index is 13.0. The zero-order valence-electron chi connectivity index (χ0n) is 20.3. The lowest BCUT2D eigenvalue weighted by molar-refractivity contribution is -0.143. The Morgan fingerprint density at radius 3 is 2.23 bits per heavy atom. The fourth-order valence-corrected chi connectivity index (χ4v) is 5.33. The molecule has 0 heterocycles. The van der Waals surface area contributed by atoms with Crippen LogP contribution >= 0.6 is 0 Å². The number of carbonyl (C=O) groups excluding carboxylic acids is 2. The lowest BCUT2D eigenvalue weighted by Gasteiger charge is -2.29. The molecule has 0 aliphatic heterocycles. The van der Waals surface area contributed by atoms with Gasteiger partial charge in [-0.25, -0.2) is 4.79 Å². The summed E-state index contributed by atoms with van der Waals surface area (Å²) in [6.07, 6.45) is 2.39. The van der Waals surface area contributed by atoms with Gasteiger partial charge in [-0.2, -0.15) is 0 Å². The van der Waals surface area contributed by atoms with E-state index >= 15 is 0 Å². The third-order valence-corrected chi connectivity index (χ3v) is 7.03. The number of aliphatic carboxylic acids is 1. The van der Waals surface area contributed by atoms with E-state index in [0.717, 1.165) is 35.1 Å². The van der Waals surface area contributed by atoms with Gasteiger partial charge in [-0.1, -0.05) is 68.8 Å². The quantitative estimate of drug-likeness (QED) is 0.510. The van der Waals surface area contributed by atoms with Gasteiger partial charge in [0.2, 0.25) is 5.91 Å². The number of hydrogen-bond acceptors (Lipinski definition) is 4. The first kappa shape index (κ1) is 24.8. The number of hydrogen-bond donors (Lipinski definition) is 3. The molecule has 0 aromatic heterocycles. The zero-order valence-corrected chi connectivity index (χ0v) is 20.3. The molecule has 2 aliphatic carbocycles. The standard InChI is InChI=1S/C28H34N2O5/c1-17(2)14-25(26(31)29-19-9-7-8-18(15-19)27(32)33)30-28(34)35-16-24-22-12-5-3-10-20(22)21-11-4-6-13-23(21)24/h3-6,10-13,17-19,24-25H,7-9,14-16H2,1-2H3,(H,29,31)(H,30,34)(H,32,33)/t18?,19?,25-/m1/s1. The monoisotopic (exact) mass is 478 g/mol. The molecule has 1 saturated carbocycles. The minimum atomic E-state index is -0.820. The number of nitrogens with one attached hydrogen (secondary N) is 2. The summed E-state index contributed by atoms with van der Waals surface area (Å²) in [5.74, 6) is -1.42. The Labute approximate surface area is 206 Å². The van der Waals surface area contributed by atoms with Gasteiger partial charge >= 0.3 is 12.1 Å². The molecular formula is C28H34N2O5. The Morgan fingerprint density at radius 1 is 1.00 bits per heavy atom. The number of carbonyl (C=O) groups is 3. The Kier molecular flexibility index (Phi) is 7.73. The number of rotatable bonds is 8.